The minimum Gasteiger partial charge on any atom is -0.497 e. The lowest BCUT2D eigenvalue weighted by Gasteiger charge is -2.07. The van der Waals surface area contributed by atoms with Crippen molar-refractivity contribution in [3.63, 3.8) is 0 Å². The van der Waals surface area contributed by atoms with Crippen molar-refractivity contribution in [3.8, 4) is 5.75 Å². The molecule has 0 atom stereocenters. The molecule has 0 fully saturated rings. The van der Waals surface area contributed by atoms with Gasteiger partial charge in [-0.05, 0) is 48.2 Å². The van der Waals surface area contributed by atoms with Crippen LogP contribution < -0.4 is 15.6 Å². The lowest BCUT2D eigenvalue weighted by molar-refractivity contribution is 0.414. The molecule has 118 valence electrons. The number of methoxy groups -OCH3 is 1. The number of rotatable bonds is 5. The van der Waals surface area contributed by atoms with E-state index in [1.54, 1.807) is 7.11 Å². The molecule has 0 amide bonds. The van der Waals surface area contributed by atoms with Crippen molar-refractivity contribution in [1.82, 2.24) is 10.3 Å². The molecule has 0 aliphatic carbocycles. The Labute approximate surface area is 135 Å². The molecule has 3 aromatic rings. The predicted octanol–water partition coefficient (Wildman–Crippen LogP) is 3.13. The Balaban J connectivity index is 1.71. The number of aromatic amines is 1. The summed E-state index contributed by atoms with van der Waals surface area (Å²) < 4.78 is 5.14. The summed E-state index contributed by atoms with van der Waals surface area (Å²) in [6, 6.07) is 15.9. The van der Waals surface area contributed by atoms with E-state index in [9.17, 15) is 4.79 Å². The summed E-state index contributed by atoms with van der Waals surface area (Å²) in [6.45, 7) is 3.28. The molecular formula is C19H20N2O2. The first kappa shape index (κ1) is 15.3. The maximum atomic E-state index is 12.1. The van der Waals surface area contributed by atoms with Crippen molar-refractivity contribution in [2.45, 2.75) is 20.0 Å². The molecule has 1 heterocycles. The molecule has 0 aliphatic rings. The molecule has 0 spiro atoms. The minimum atomic E-state index is -0.0383. The van der Waals surface area contributed by atoms with Crippen LogP contribution in [0.2, 0.25) is 0 Å². The van der Waals surface area contributed by atoms with Gasteiger partial charge in [0.1, 0.15) is 5.75 Å². The van der Waals surface area contributed by atoms with Crippen LogP contribution in [0.1, 0.15) is 16.7 Å². The fourth-order valence-corrected chi connectivity index (χ4v) is 2.59. The summed E-state index contributed by atoms with van der Waals surface area (Å²) in [7, 11) is 1.65. The van der Waals surface area contributed by atoms with Gasteiger partial charge in [-0.2, -0.15) is 0 Å². The van der Waals surface area contributed by atoms with Crippen molar-refractivity contribution in [2.24, 2.45) is 0 Å². The standard InChI is InChI=1S/C19H20N2O2/c1-13-3-8-18-15(9-13)10-16(19(22)21-18)12-20-11-14-4-6-17(23-2)7-5-14/h3-10,20H,11-12H2,1-2H3,(H,21,22). The SMILES string of the molecule is COc1ccc(CNCc2cc3cc(C)ccc3[nH]c2=O)cc1. The van der Waals surface area contributed by atoms with Crippen LogP contribution in [-0.2, 0) is 13.1 Å². The number of pyridine rings is 1. The molecular weight excluding hydrogens is 288 g/mol. The first-order valence-electron chi connectivity index (χ1n) is 7.62. The number of hydrogen-bond acceptors (Lipinski definition) is 3. The number of H-pyrrole nitrogens is 1. The second kappa shape index (κ2) is 6.67. The smallest absolute Gasteiger partial charge is 0.252 e. The van der Waals surface area contributed by atoms with E-state index in [0.717, 1.165) is 27.8 Å². The lowest BCUT2D eigenvalue weighted by atomic mass is 10.1. The van der Waals surface area contributed by atoms with Crippen LogP contribution in [0, 0.1) is 6.92 Å². The maximum absolute atomic E-state index is 12.1. The lowest BCUT2D eigenvalue weighted by Crippen LogP contribution is -2.20. The normalized spacial score (nSPS) is 10.9. The molecule has 23 heavy (non-hydrogen) atoms. The third-order valence-electron chi connectivity index (χ3n) is 3.88. The van der Waals surface area contributed by atoms with Gasteiger partial charge in [0, 0.05) is 24.2 Å². The average molecular weight is 308 g/mol. The fourth-order valence-electron chi connectivity index (χ4n) is 2.59. The van der Waals surface area contributed by atoms with Gasteiger partial charge in [0.15, 0.2) is 0 Å². The zero-order valence-corrected chi connectivity index (χ0v) is 13.3. The Morgan fingerprint density at radius 1 is 1.04 bits per heavy atom. The molecule has 3 rings (SSSR count). The van der Waals surface area contributed by atoms with Gasteiger partial charge in [0.05, 0.1) is 7.11 Å². The molecule has 0 saturated carbocycles. The van der Waals surface area contributed by atoms with Crippen molar-refractivity contribution >= 4 is 10.9 Å². The highest BCUT2D eigenvalue weighted by atomic mass is 16.5. The van der Waals surface area contributed by atoms with Gasteiger partial charge in [-0.25, -0.2) is 0 Å². The molecule has 0 unspecified atom stereocenters. The van der Waals surface area contributed by atoms with Crippen molar-refractivity contribution < 1.29 is 4.74 Å². The number of hydrogen-bond donors (Lipinski definition) is 2. The largest absolute Gasteiger partial charge is 0.497 e. The van der Waals surface area contributed by atoms with E-state index in [-0.39, 0.29) is 5.56 Å². The van der Waals surface area contributed by atoms with Gasteiger partial charge in [0.2, 0.25) is 0 Å². The number of nitrogens with one attached hydrogen (secondary N) is 2. The highest BCUT2D eigenvalue weighted by Crippen LogP contribution is 2.14. The third kappa shape index (κ3) is 3.60. The number of aryl methyl sites for hydroxylation is 1. The number of ether oxygens (including phenoxy) is 1. The van der Waals surface area contributed by atoms with E-state index in [1.165, 1.54) is 5.56 Å². The Bertz CT molecular complexity index is 867. The van der Waals surface area contributed by atoms with Crippen LogP contribution >= 0.6 is 0 Å². The van der Waals surface area contributed by atoms with E-state index < -0.39 is 0 Å². The summed E-state index contributed by atoms with van der Waals surface area (Å²) in [5.74, 6) is 0.843. The quantitative estimate of drug-likeness (QED) is 0.761. The number of fused-ring (bicyclic) bond motifs is 1. The van der Waals surface area contributed by atoms with Gasteiger partial charge in [-0.15, -0.1) is 0 Å². The van der Waals surface area contributed by atoms with Crippen LogP contribution in [-0.4, -0.2) is 12.1 Å². The van der Waals surface area contributed by atoms with Gasteiger partial charge in [0.25, 0.3) is 5.56 Å². The van der Waals surface area contributed by atoms with Gasteiger partial charge < -0.3 is 15.0 Å². The highest BCUT2D eigenvalue weighted by molar-refractivity contribution is 5.79. The third-order valence-corrected chi connectivity index (χ3v) is 3.88. The van der Waals surface area contributed by atoms with E-state index in [1.807, 2.05) is 49.4 Å². The first-order chi connectivity index (χ1) is 11.2. The van der Waals surface area contributed by atoms with Crippen molar-refractivity contribution in [1.29, 1.82) is 0 Å². The van der Waals surface area contributed by atoms with Crippen molar-refractivity contribution in [3.05, 3.63) is 75.6 Å². The molecule has 4 nitrogen and oxygen atoms in total. The molecule has 0 radical (unpaired) electrons. The van der Waals surface area contributed by atoms with Crippen LogP contribution in [0.25, 0.3) is 10.9 Å². The molecule has 1 aromatic heterocycles. The molecule has 0 saturated heterocycles. The summed E-state index contributed by atoms with van der Waals surface area (Å²) in [5.41, 5.74) is 3.92. The maximum Gasteiger partial charge on any atom is 0.252 e. The average Bonchev–Trinajstić information content (AvgIpc) is 2.56. The predicted molar refractivity (Wildman–Crippen MR) is 92.8 cm³/mol. The summed E-state index contributed by atoms with van der Waals surface area (Å²) in [6.07, 6.45) is 0. The Hall–Kier alpha value is -2.59. The summed E-state index contributed by atoms with van der Waals surface area (Å²) >= 11 is 0. The van der Waals surface area contributed by atoms with Gasteiger partial charge in [-0.1, -0.05) is 23.8 Å². The van der Waals surface area contributed by atoms with E-state index in [0.29, 0.717) is 13.1 Å². The van der Waals surface area contributed by atoms with Crippen LogP contribution in [0.15, 0.2) is 53.3 Å². The Morgan fingerprint density at radius 3 is 2.57 bits per heavy atom. The van der Waals surface area contributed by atoms with Crippen LogP contribution in [0.5, 0.6) is 5.75 Å². The Kier molecular flexibility index (Phi) is 4.44. The second-order valence-corrected chi connectivity index (χ2v) is 5.67. The van der Waals surface area contributed by atoms with Gasteiger partial charge in [-0.3, -0.25) is 4.79 Å². The zero-order valence-electron chi connectivity index (χ0n) is 13.3. The highest BCUT2D eigenvalue weighted by Gasteiger charge is 2.03. The van der Waals surface area contributed by atoms with E-state index in [4.69, 9.17) is 4.74 Å². The molecule has 0 bridgehead atoms. The molecule has 0 aliphatic heterocycles. The topological polar surface area (TPSA) is 54.1 Å². The Morgan fingerprint density at radius 2 is 1.83 bits per heavy atom. The van der Waals surface area contributed by atoms with Crippen molar-refractivity contribution in [2.75, 3.05) is 7.11 Å². The number of aromatic nitrogens is 1. The monoisotopic (exact) mass is 308 g/mol. The fraction of sp³-hybridized carbons (Fsp3) is 0.211. The number of benzene rings is 2. The van der Waals surface area contributed by atoms with E-state index in [2.05, 4.69) is 16.4 Å². The van der Waals surface area contributed by atoms with Gasteiger partial charge >= 0.3 is 0 Å². The zero-order chi connectivity index (χ0) is 16.2. The minimum absolute atomic E-state index is 0.0383. The molecule has 2 aromatic carbocycles. The van der Waals surface area contributed by atoms with Crippen LogP contribution in [0.3, 0.4) is 0 Å². The second-order valence-electron chi connectivity index (χ2n) is 5.67. The van der Waals surface area contributed by atoms with Crippen LogP contribution in [0.4, 0.5) is 0 Å². The molecule has 4 heteroatoms. The molecule has 2 N–H and O–H groups in total. The van der Waals surface area contributed by atoms with E-state index >= 15 is 0 Å². The summed E-state index contributed by atoms with van der Waals surface area (Å²) in [5, 5.41) is 4.38. The first-order valence-corrected chi connectivity index (χ1v) is 7.62. The summed E-state index contributed by atoms with van der Waals surface area (Å²) in [4.78, 5) is 15.1.